The number of likely N-dealkylation sites (N-methyl/N-ethyl adjacent to an activating group) is 1. The maximum atomic E-state index is 14.2. The zero-order valence-electron chi connectivity index (χ0n) is 15.6. The summed E-state index contributed by atoms with van der Waals surface area (Å²) in [5, 5.41) is 6.65. The molecular formula is C19H28F2N4O. The topological polar surface area (TPSA) is 48.9 Å². The van der Waals surface area contributed by atoms with Crippen molar-refractivity contribution >= 4 is 5.96 Å². The molecule has 0 aliphatic carbocycles. The Balaban J connectivity index is 1.73. The third kappa shape index (κ3) is 4.15. The van der Waals surface area contributed by atoms with Crippen LogP contribution in [0.25, 0.3) is 0 Å². The molecule has 2 fully saturated rings. The highest BCUT2D eigenvalue weighted by Crippen LogP contribution is 2.34. The van der Waals surface area contributed by atoms with E-state index in [1.54, 1.807) is 19.0 Å². The third-order valence-electron chi connectivity index (χ3n) is 5.15. The maximum absolute atomic E-state index is 14.2. The molecule has 0 radical (unpaired) electrons. The van der Waals surface area contributed by atoms with E-state index < -0.39 is 17.7 Å². The van der Waals surface area contributed by atoms with E-state index in [2.05, 4.69) is 15.6 Å². The largest absolute Gasteiger partial charge is 0.373 e. The van der Waals surface area contributed by atoms with Gasteiger partial charge in [-0.1, -0.05) is 6.07 Å². The first-order chi connectivity index (χ1) is 12.5. The van der Waals surface area contributed by atoms with Crippen molar-refractivity contribution in [3.8, 4) is 0 Å². The SMILES string of the molecule is CCNC(=NCC(c1c(F)cccc1F)N(C)C)NC1CC2CCC1O2. The molecule has 1 aromatic rings. The van der Waals surface area contributed by atoms with E-state index in [0.717, 1.165) is 19.3 Å². The number of ether oxygens (including phenoxy) is 1. The molecule has 0 aromatic heterocycles. The van der Waals surface area contributed by atoms with Gasteiger partial charge in [0.25, 0.3) is 0 Å². The Morgan fingerprint density at radius 1 is 1.31 bits per heavy atom. The van der Waals surface area contributed by atoms with Gasteiger partial charge in [0.15, 0.2) is 5.96 Å². The molecule has 5 nitrogen and oxygen atoms in total. The molecule has 4 unspecified atom stereocenters. The Labute approximate surface area is 153 Å². The van der Waals surface area contributed by atoms with Gasteiger partial charge in [0.1, 0.15) is 11.6 Å². The van der Waals surface area contributed by atoms with Gasteiger partial charge in [0, 0.05) is 12.1 Å². The molecule has 2 aliphatic rings. The highest BCUT2D eigenvalue weighted by molar-refractivity contribution is 5.80. The maximum Gasteiger partial charge on any atom is 0.191 e. The molecule has 1 aromatic carbocycles. The number of guanidine groups is 1. The minimum atomic E-state index is -0.543. The molecular weight excluding hydrogens is 338 g/mol. The van der Waals surface area contributed by atoms with Crippen molar-refractivity contribution in [2.45, 2.75) is 50.5 Å². The summed E-state index contributed by atoms with van der Waals surface area (Å²) in [6.45, 7) is 2.96. The number of fused-ring (bicyclic) bond motifs is 2. The minimum Gasteiger partial charge on any atom is -0.373 e. The van der Waals surface area contributed by atoms with Crippen LogP contribution in [0.2, 0.25) is 0 Å². The fourth-order valence-electron chi connectivity index (χ4n) is 3.80. The Kier molecular flexibility index (Phi) is 6.09. The van der Waals surface area contributed by atoms with Crippen LogP contribution in [0.5, 0.6) is 0 Å². The molecule has 2 aliphatic heterocycles. The van der Waals surface area contributed by atoms with Gasteiger partial charge in [-0.3, -0.25) is 4.99 Å². The van der Waals surface area contributed by atoms with Gasteiger partial charge in [-0.2, -0.15) is 0 Å². The number of hydrogen-bond acceptors (Lipinski definition) is 3. The van der Waals surface area contributed by atoms with E-state index in [0.29, 0.717) is 18.6 Å². The molecule has 144 valence electrons. The molecule has 3 rings (SSSR count). The lowest BCUT2D eigenvalue weighted by Crippen LogP contribution is -2.47. The normalized spacial score (nSPS) is 26.4. The molecule has 2 heterocycles. The molecule has 26 heavy (non-hydrogen) atoms. The Morgan fingerprint density at radius 3 is 2.58 bits per heavy atom. The number of rotatable bonds is 6. The predicted molar refractivity (Wildman–Crippen MR) is 98.2 cm³/mol. The van der Waals surface area contributed by atoms with Gasteiger partial charge in [-0.15, -0.1) is 0 Å². The minimum absolute atomic E-state index is 0.0559. The van der Waals surface area contributed by atoms with Crippen LogP contribution >= 0.6 is 0 Å². The average Bonchev–Trinajstić information content (AvgIpc) is 3.20. The van der Waals surface area contributed by atoms with Crippen LogP contribution in [-0.4, -0.2) is 56.3 Å². The molecule has 2 N–H and O–H groups in total. The second-order valence-corrected chi connectivity index (χ2v) is 7.19. The lowest BCUT2D eigenvalue weighted by molar-refractivity contribution is 0.0992. The van der Waals surface area contributed by atoms with Crippen molar-refractivity contribution in [3.63, 3.8) is 0 Å². The highest BCUT2D eigenvalue weighted by Gasteiger charge is 2.41. The fraction of sp³-hybridized carbons (Fsp3) is 0.632. The van der Waals surface area contributed by atoms with E-state index in [1.807, 2.05) is 6.92 Å². The molecule has 2 bridgehead atoms. The zero-order chi connectivity index (χ0) is 18.7. The molecule has 4 atom stereocenters. The first-order valence-electron chi connectivity index (χ1n) is 9.30. The van der Waals surface area contributed by atoms with E-state index in [4.69, 9.17) is 4.74 Å². The summed E-state index contributed by atoms with van der Waals surface area (Å²) < 4.78 is 34.3. The summed E-state index contributed by atoms with van der Waals surface area (Å²) in [5.74, 6) is -0.422. The quantitative estimate of drug-likeness (QED) is 0.600. The lowest BCUT2D eigenvalue weighted by Gasteiger charge is -2.26. The van der Waals surface area contributed by atoms with Crippen molar-refractivity contribution in [2.75, 3.05) is 27.2 Å². The van der Waals surface area contributed by atoms with Crippen LogP contribution in [0.15, 0.2) is 23.2 Å². The fourth-order valence-corrected chi connectivity index (χ4v) is 3.80. The third-order valence-corrected chi connectivity index (χ3v) is 5.15. The summed E-state index contributed by atoms with van der Waals surface area (Å²) in [5.41, 5.74) is 0.0559. The number of nitrogens with one attached hydrogen (secondary N) is 2. The van der Waals surface area contributed by atoms with Crippen LogP contribution in [-0.2, 0) is 4.74 Å². The molecule has 0 saturated carbocycles. The Hall–Kier alpha value is -1.73. The summed E-state index contributed by atoms with van der Waals surface area (Å²) in [7, 11) is 3.60. The molecule has 0 amide bonds. The first-order valence-corrected chi connectivity index (χ1v) is 9.30. The second kappa shape index (κ2) is 8.31. The molecule has 0 spiro atoms. The lowest BCUT2D eigenvalue weighted by atomic mass is 9.96. The van der Waals surface area contributed by atoms with E-state index in [9.17, 15) is 8.78 Å². The van der Waals surface area contributed by atoms with Gasteiger partial charge < -0.3 is 20.3 Å². The number of aliphatic imine (C=N–C) groups is 1. The monoisotopic (exact) mass is 366 g/mol. The van der Waals surface area contributed by atoms with Crippen LogP contribution in [0.3, 0.4) is 0 Å². The average molecular weight is 366 g/mol. The Bertz CT molecular complexity index is 632. The van der Waals surface area contributed by atoms with Gasteiger partial charge >= 0.3 is 0 Å². The van der Waals surface area contributed by atoms with Gasteiger partial charge in [-0.25, -0.2) is 8.78 Å². The van der Waals surface area contributed by atoms with Crippen molar-refractivity contribution < 1.29 is 13.5 Å². The highest BCUT2D eigenvalue weighted by atomic mass is 19.1. The molecule has 2 saturated heterocycles. The van der Waals surface area contributed by atoms with Crippen LogP contribution < -0.4 is 10.6 Å². The van der Waals surface area contributed by atoms with E-state index >= 15 is 0 Å². The Morgan fingerprint density at radius 2 is 2.04 bits per heavy atom. The summed E-state index contributed by atoms with van der Waals surface area (Å²) in [4.78, 5) is 6.39. The van der Waals surface area contributed by atoms with Crippen LogP contribution in [0.4, 0.5) is 8.78 Å². The number of benzene rings is 1. The molecule has 7 heteroatoms. The summed E-state index contributed by atoms with van der Waals surface area (Å²) in [6, 6.07) is 3.71. The number of nitrogens with zero attached hydrogens (tertiary/aromatic N) is 2. The second-order valence-electron chi connectivity index (χ2n) is 7.19. The van der Waals surface area contributed by atoms with Crippen molar-refractivity contribution in [2.24, 2.45) is 4.99 Å². The smallest absolute Gasteiger partial charge is 0.191 e. The summed E-state index contributed by atoms with van der Waals surface area (Å²) in [6.07, 6.45) is 3.77. The van der Waals surface area contributed by atoms with Gasteiger partial charge in [-0.05, 0) is 52.4 Å². The van der Waals surface area contributed by atoms with Crippen molar-refractivity contribution in [3.05, 3.63) is 35.4 Å². The van der Waals surface area contributed by atoms with Gasteiger partial charge in [0.05, 0.1) is 30.8 Å². The van der Waals surface area contributed by atoms with Crippen LogP contribution in [0, 0.1) is 11.6 Å². The van der Waals surface area contributed by atoms with Crippen molar-refractivity contribution in [1.82, 2.24) is 15.5 Å². The van der Waals surface area contributed by atoms with E-state index in [-0.39, 0.29) is 24.3 Å². The zero-order valence-corrected chi connectivity index (χ0v) is 15.6. The first kappa shape index (κ1) is 19.0. The standard InChI is InChI=1S/C19H28F2N4O/c1-4-22-19(24-15-10-12-8-9-17(15)26-12)23-11-16(25(2)3)18-13(20)6-5-7-14(18)21/h5-7,12,15-17H,4,8-11H2,1-3H3,(H2,22,23,24). The summed E-state index contributed by atoms with van der Waals surface area (Å²) >= 11 is 0. The van der Waals surface area contributed by atoms with Crippen LogP contribution in [0.1, 0.15) is 37.8 Å². The van der Waals surface area contributed by atoms with Crippen molar-refractivity contribution in [1.29, 1.82) is 0 Å². The predicted octanol–water partition coefficient (Wildman–Crippen LogP) is 2.44. The van der Waals surface area contributed by atoms with Gasteiger partial charge in [0.2, 0.25) is 0 Å². The number of halogens is 2. The number of hydrogen-bond donors (Lipinski definition) is 2. The van der Waals surface area contributed by atoms with E-state index in [1.165, 1.54) is 18.2 Å².